The van der Waals surface area contributed by atoms with E-state index in [4.69, 9.17) is 22.7 Å². The molecule has 0 radical (unpaired) electrons. The monoisotopic (exact) mass is 350 g/mol. The number of nitrogens with two attached hydrogens (primary N) is 1. The summed E-state index contributed by atoms with van der Waals surface area (Å²) in [5.41, 5.74) is 6.92. The van der Waals surface area contributed by atoms with Gasteiger partial charge in [0.2, 0.25) is 0 Å². The number of para-hydroxylation sites is 2. The summed E-state index contributed by atoms with van der Waals surface area (Å²) in [6.07, 6.45) is 1.48. The highest BCUT2D eigenvalue weighted by Gasteiger charge is 2.27. The number of carbonyl (C=O) groups excluding carboxylic acids is 1. The van der Waals surface area contributed by atoms with Crippen LogP contribution in [0.2, 0.25) is 0 Å². The van der Waals surface area contributed by atoms with Gasteiger partial charge in [-0.3, -0.25) is 0 Å². The number of hydrogen-bond donors (Lipinski definition) is 3. The lowest BCUT2D eigenvalue weighted by Crippen LogP contribution is -2.44. The van der Waals surface area contributed by atoms with Crippen molar-refractivity contribution in [3.8, 4) is 0 Å². The van der Waals surface area contributed by atoms with Gasteiger partial charge in [-0.2, -0.15) is 0 Å². The van der Waals surface area contributed by atoms with Crippen LogP contribution < -0.4 is 16.4 Å². The fourth-order valence-corrected chi connectivity index (χ4v) is 2.71. The van der Waals surface area contributed by atoms with Crippen LogP contribution in [0.15, 0.2) is 24.3 Å². The molecule has 4 N–H and O–H groups in total. The third kappa shape index (κ3) is 5.56. The molecule has 0 spiro atoms. The number of rotatable bonds is 3. The molecule has 0 atom stereocenters. The highest BCUT2D eigenvalue weighted by atomic mass is 32.1. The largest absolute Gasteiger partial charge is 0.444 e. The summed E-state index contributed by atoms with van der Waals surface area (Å²) in [5.74, 6) is 0. The molecule has 1 aliphatic rings. The van der Waals surface area contributed by atoms with Crippen molar-refractivity contribution in [2.75, 3.05) is 23.7 Å². The Morgan fingerprint density at radius 1 is 1.25 bits per heavy atom. The summed E-state index contributed by atoms with van der Waals surface area (Å²) in [5, 5.41) is 6.72. The normalized spacial score (nSPS) is 15.7. The Labute approximate surface area is 148 Å². The van der Waals surface area contributed by atoms with Crippen LogP contribution in [-0.2, 0) is 4.74 Å². The molecule has 2 rings (SSSR count). The molecular weight excluding hydrogens is 324 g/mol. The van der Waals surface area contributed by atoms with Gasteiger partial charge in [0, 0.05) is 19.1 Å². The molecule has 1 heterocycles. The van der Waals surface area contributed by atoms with Crippen LogP contribution in [0.5, 0.6) is 0 Å². The van der Waals surface area contributed by atoms with Crippen LogP contribution in [0.3, 0.4) is 0 Å². The minimum Gasteiger partial charge on any atom is -0.444 e. The number of anilines is 2. The first-order chi connectivity index (χ1) is 11.2. The molecule has 1 aromatic carbocycles. The van der Waals surface area contributed by atoms with E-state index in [-0.39, 0.29) is 17.2 Å². The van der Waals surface area contributed by atoms with Crippen molar-refractivity contribution in [2.45, 2.75) is 45.3 Å². The van der Waals surface area contributed by atoms with Crippen molar-refractivity contribution in [3.05, 3.63) is 24.3 Å². The second-order valence-corrected chi connectivity index (χ2v) is 7.36. The van der Waals surface area contributed by atoms with E-state index < -0.39 is 5.60 Å². The highest BCUT2D eigenvalue weighted by Crippen LogP contribution is 2.24. The van der Waals surface area contributed by atoms with Gasteiger partial charge in [-0.25, -0.2) is 4.79 Å². The number of nitrogens with one attached hydrogen (secondary N) is 2. The zero-order valence-corrected chi connectivity index (χ0v) is 15.3. The number of likely N-dealkylation sites (tertiary alicyclic amines) is 1. The number of benzene rings is 1. The van der Waals surface area contributed by atoms with Gasteiger partial charge >= 0.3 is 6.09 Å². The third-order valence-corrected chi connectivity index (χ3v) is 3.79. The van der Waals surface area contributed by atoms with E-state index in [0.717, 1.165) is 24.2 Å². The van der Waals surface area contributed by atoms with Crippen LogP contribution >= 0.6 is 12.2 Å². The van der Waals surface area contributed by atoms with E-state index in [2.05, 4.69) is 10.6 Å². The van der Waals surface area contributed by atoms with Crippen molar-refractivity contribution in [3.63, 3.8) is 0 Å². The van der Waals surface area contributed by atoms with Gasteiger partial charge in [-0.05, 0) is 58.0 Å². The minimum atomic E-state index is -0.461. The molecule has 0 saturated carbocycles. The Hall–Kier alpha value is -2.02. The predicted octanol–water partition coefficient (Wildman–Crippen LogP) is 3.15. The summed E-state index contributed by atoms with van der Waals surface area (Å²) in [6, 6.07) is 8.09. The van der Waals surface area contributed by atoms with Crippen LogP contribution in [-0.4, -0.2) is 40.8 Å². The lowest BCUT2D eigenvalue weighted by Gasteiger charge is -2.34. The van der Waals surface area contributed by atoms with Gasteiger partial charge in [0.15, 0.2) is 5.11 Å². The average molecular weight is 350 g/mol. The average Bonchev–Trinajstić information content (AvgIpc) is 2.48. The van der Waals surface area contributed by atoms with Gasteiger partial charge in [0.1, 0.15) is 5.60 Å². The lowest BCUT2D eigenvalue weighted by molar-refractivity contribution is 0.0210. The van der Waals surface area contributed by atoms with E-state index in [9.17, 15) is 4.79 Å². The molecule has 1 aromatic rings. The van der Waals surface area contributed by atoms with E-state index in [1.807, 2.05) is 45.0 Å². The van der Waals surface area contributed by atoms with Crippen LogP contribution in [0.1, 0.15) is 33.6 Å². The molecule has 1 aliphatic heterocycles. The molecule has 1 amide bonds. The van der Waals surface area contributed by atoms with E-state index >= 15 is 0 Å². The molecule has 0 aromatic heterocycles. The zero-order chi connectivity index (χ0) is 17.7. The maximum Gasteiger partial charge on any atom is 0.410 e. The van der Waals surface area contributed by atoms with Gasteiger partial charge in [-0.1, -0.05) is 12.1 Å². The Kier molecular flexibility index (Phi) is 5.88. The minimum absolute atomic E-state index is 0.239. The molecule has 7 heteroatoms. The first-order valence-corrected chi connectivity index (χ1v) is 8.55. The predicted molar refractivity (Wildman–Crippen MR) is 101 cm³/mol. The Bertz CT molecular complexity index is 592. The summed E-state index contributed by atoms with van der Waals surface area (Å²) >= 11 is 4.91. The van der Waals surface area contributed by atoms with Crippen molar-refractivity contribution in [1.29, 1.82) is 0 Å². The fraction of sp³-hybridized carbons (Fsp3) is 0.529. The number of hydrogen-bond acceptors (Lipinski definition) is 4. The van der Waals surface area contributed by atoms with Crippen molar-refractivity contribution in [2.24, 2.45) is 5.73 Å². The maximum absolute atomic E-state index is 12.1. The maximum atomic E-state index is 12.1. The number of amides is 1. The second kappa shape index (κ2) is 7.70. The summed E-state index contributed by atoms with van der Waals surface area (Å²) in [7, 11) is 0. The summed E-state index contributed by atoms with van der Waals surface area (Å²) in [4.78, 5) is 13.9. The summed E-state index contributed by atoms with van der Waals surface area (Å²) < 4.78 is 5.42. The molecule has 0 aliphatic carbocycles. The molecule has 24 heavy (non-hydrogen) atoms. The van der Waals surface area contributed by atoms with Crippen LogP contribution in [0, 0.1) is 0 Å². The van der Waals surface area contributed by atoms with Gasteiger partial charge in [0.05, 0.1) is 11.4 Å². The molecular formula is C17H26N4O2S. The Morgan fingerprint density at radius 3 is 2.38 bits per heavy atom. The molecule has 1 saturated heterocycles. The Morgan fingerprint density at radius 2 is 1.83 bits per heavy atom. The number of ether oxygens (including phenoxy) is 1. The fourth-order valence-electron chi connectivity index (χ4n) is 2.60. The standard InChI is InChI=1S/C17H26N4O2S/c1-17(2,3)23-16(22)21-10-8-12(9-11-21)19-13-6-4-5-7-14(13)20-15(18)24/h4-7,12,19H,8-11H2,1-3H3,(H3,18,20,24). The SMILES string of the molecule is CC(C)(C)OC(=O)N1CCC(Nc2ccccc2NC(N)=S)CC1. The number of carbonyl (C=O) groups is 1. The van der Waals surface area contributed by atoms with Crippen molar-refractivity contribution >= 4 is 34.8 Å². The first-order valence-electron chi connectivity index (χ1n) is 8.14. The molecule has 6 nitrogen and oxygen atoms in total. The lowest BCUT2D eigenvalue weighted by atomic mass is 10.0. The van der Waals surface area contributed by atoms with Crippen LogP contribution in [0.4, 0.5) is 16.2 Å². The molecule has 1 fully saturated rings. The summed E-state index contributed by atoms with van der Waals surface area (Å²) in [6.45, 7) is 7.00. The topological polar surface area (TPSA) is 79.6 Å². The molecule has 0 unspecified atom stereocenters. The van der Waals surface area contributed by atoms with E-state index in [1.165, 1.54) is 0 Å². The highest BCUT2D eigenvalue weighted by molar-refractivity contribution is 7.80. The third-order valence-electron chi connectivity index (χ3n) is 3.69. The Balaban J connectivity index is 1.90. The van der Waals surface area contributed by atoms with E-state index in [1.54, 1.807) is 4.90 Å². The van der Waals surface area contributed by atoms with Crippen molar-refractivity contribution < 1.29 is 9.53 Å². The van der Waals surface area contributed by atoms with Crippen molar-refractivity contribution in [1.82, 2.24) is 4.90 Å². The van der Waals surface area contributed by atoms with Gasteiger partial charge in [0.25, 0.3) is 0 Å². The van der Waals surface area contributed by atoms with Gasteiger partial charge in [-0.15, -0.1) is 0 Å². The smallest absolute Gasteiger partial charge is 0.410 e. The first kappa shape index (κ1) is 18.3. The zero-order valence-electron chi connectivity index (χ0n) is 14.5. The second-order valence-electron chi connectivity index (χ2n) is 6.92. The van der Waals surface area contributed by atoms with E-state index in [0.29, 0.717) is 13.1 Å². The number of nitrogens with zero attached hydrogens (tertiary/aromatic N) is 1. The number of piperidine rings is 1. The molecule has 0 bridgehead atoms. The quantitative estimate of drug-likeness (QED) is 0.727. The number of thiocarbonyl (C=S) groups is 1. The van der Waals surface area contributed by atoms with Gasteiger partial charge < -0.3 is 26.0 Å². The molecule has 132 valence electrons. The van der Waals surface area contributed by atoms with Crippen LogP contribution in [0.25, 0.3) is 0 Å².